The summed E-state index contributed by atoms with van der Waals surface area (Å²) in [6.07, 6.45) is 3.02. The van der Waals surface area contributed by atoms with Gasteiger partial charge in [-0.05, 0) is 19.8 Å². The van der Waals surface area contributed by atoms with Crippen LogP contribution in [0.5, 0.6) is 0 Å². The molecular weight excluding hydrogens is 176 g/mol. The number of hydrogen-bond donors (Lipinski definition) is 0. The van der Waals surface area contributed by atoms with Gasteiger partial charge in [0.05, 0.1) is 17.3 Å². The summed E-state index contributed by atoms with van der Waals surface area (Å²) in [6.45, 7) is 1.80. The Labute approximate surface area is 75.3 Å². The number of halogens is 1. The molecule has 0 atom stereocenters. The number of aryl methyl sites for hydroxylation is 1. The van der Waals surface area contributed by atoms with Gasteiger partial charge in [-0.15, -0.1) is 0 Å². The normalized spacial score (nSPS) is 16.5. The molecule has 1 saturated carbocycles. The van der Waals surface area contributed by atoms with Crippen LogP contribution < -0.4 is 0 Å². The Morgan fingerprint density at radius 1 is 1.67 bits per heavy atom. The van der Waals surface area contributed by atoms with Crippen LogP contribution in [0.15, 0.2) is 0 Å². The Balaban J connectivity index is 2.49. The Morgan fingerprint density at radius 3 is 2.75 bits per heavy atom. The molecule has 1 aliphatic carbocycles. The maximum atomic E-state index is 10.6. The second kappa shape index (κ2) is 2.59. The molecule has 0 aliphatic heterocycles. The Hall–Kier alpha value is -0.830. The molecule has 2 rings (SSSR count). The number of aromatic nitrogens is 2. The number of hydrogen-bond acceptors (Lipinski definition) is 2. The van der Waals surface area contributed by atoms with Gasteiger partial charge in [0.1, 0.15) is 5.15 Å². The van der Waals surface area contributed by atoms with Crippen molar-refractivity contribution < 1.29 is 4.79 Å². The van der Waals surface area contributed by atoms with E-state index in [2.05, 4.69) is 5.10 Å². The molecular formula is C8H9ClN2O. The van der Waals surface area contributed by atoms with E-state index in [4.69, 9.17) is 11.6 Å². The highest BCUT2D eigenvalue weighted by molar-refractivity contribution is 6.32. The van der Waals surface area contributed by atoms with Crippen LogP contribution in [0.3, 0.4) is 0 Å². The predicted molar refractivity (Wildman–Crippen MR) is 45.6 cm³/mol. The summed E-state index contributed by atoms with van der Waals surface area (Å²) in [5.74, 6) is 0. The van der Waals surface area contributed by atoms with E-state index in [0.717, 1.165) is 24.8 Å². The van der Waals surface area contributed by atoms with Crippen LogP contribution in [-0.4, -0.2) is 16.1 Å². The molecule has 1 aromatic heterocycles. The Kier molecular flexibility index (Phi) is 1.68. The molecule has 1 fully saturated rings. The van der Waals surface area contributed by atoms with E-state index in [0.29, 0.717) is 16.8 Å². The van der Waals surface area contributed by atoms with Crippen molar-refractivity contribution in [2.24, 2.45) is 0 Å². The first-order valence-corrected chi connectivity index (χ1v) is 4.31. The standard InChI is InChI=1S/C8H9ClN2O/c1-5-7(4-12)8(9)11(10-5)6-2-3-6/h4,6H,2-3H2,1H3. The number of nitrogens with zero attached hydrogens (tertiary/aromatic N) is 2. The number of aldehydes is 1. The average molecular weight is 185 g/mol. The third-order valence-corrected chi connectivity index (χ3v) is 2.46. The lowest BCUT2D eigenvalue weighted by Gasteiger charge is -1.96. The third kappa shape index (κ3) is 1.05. The smallest absolute Gasteiger partial charge is 0.155 e. The lowest BCUT2D eigenvalue weighted by Crippen LogP contribution is -1.95. The van der Waals surface area contributed by atoms with Gasteiger partial charge in [0.25, 0.3) is 0 Å². The first-order chi connectivity index (χ1) is 5.74. The van der Waals surface area contributed by atoms with E-state index < -0.39 is 0 Å². The second-order valence-corrected chi connectivity index (χ2v) is 3.44. The zero-order valence-electron chi connectivity index (χ0n) is 6.75. The van der Waals surface area contributed by atoms with Crippen molar-refractivity contribution >= 4 is 17.9 Å². The van der Waals surface area contributed by atoms with Crippen molar-refractivity contribution in [3.05, 3.63) is 16.4 Å². The van der Waals surface area contributed by atoms with Gasteiger partial charge in [0.2, 0.25) is 0 Å². The van der Waals surface area contributed by atoms with Gasteiger partial charge in [-0.25, -0.2) is 4.68 Å². The quantitative estimate of drug-likeness (QED) is 0.659. The highest BCUT2D eigenvalue weighted by atomic mass is 35.5. The second-order valence-electron chi connectivity index (χ2n) is 3.08. The van der Waals surface area contributed by atoms with E-state index in [1.807, 2.05) is 0 Å². The Morgan fingerprint density at radius 2 is 2.33 bits per heavy atom. The fraction of sp³-hybridized carbons (Fsp3) is 0.500. The molecule has 0 saturated heterocycles. The highest BCUT2D eigenvalue weighted by Gasteiger charge is 2.28. The van der Waals surface area contributed by atoms with Crippen LogP contribution in [-0.2, 0) is 0 Å². The number of rotatable bonds is 2. The van der Waals surface area contributed by atoms with E-state index in [1.165, 1.54) is 0 Å². The monoisotopic (exact) mass is 184 g/mol. The SMILES string of the molecule is Cc1nn(C2CC2)c(Cl)c1C=O. The van der Waals surface area contributed by atoms with Crippen molar-refractivity contribution in [1.29, 1.82) is 0 Å². The lowest BCUT2D eigenvalue weighted by atomic mass is 10.3. The average Bonchev–Trinajstić information content (AvgIpc) is 2.80. The van der Waals surface area contributed by atoms with Crippen LogP contribution in [0.4, 0.5) is 0 Å². The lowest BCUT2D eigenvalue weighted by molar-refractivity contribution is 0.112. The summed E-state index contributed by atoms with van der Waals surface area (Å²) in [7, 11) is 0. The number of carbonyl (C=O) groups excluding carboxylic acids is 1. The summed E-state index contributed by atoms with van der Waals surface area (Å²) >= 11 is 5.93. The molecule has 0 aromatic carbocycles. The summed E-state index contributed by atoms with van der Waals surface area (Å²) in [4.78, 5) is 10.6. The topological polar surface area (TPSA) is 34.9 Å². The van der Waals surface area contributed by atoms with Gasteiger partial charge >= 0.3 is 0 Å². The minimum absolute atomic E-state index is 0.435. The van der Waals surface area contributed by atoms with Crippen molar-refractivity contribution in [3.63, 3.8) is 0 Å². The molecule has 0 bridgehead atoms. The molecule has 0 amide bonds. The molecule has 64 valence electrons. The maximum absolute atomic E-state index is 10.6. The van der Waals surface area contributed by atoms with Crippen molar-refractivity contribution in [2.75, 3.05) is 0 Å². The molecule has 3 nitrogen and oxygen atoms in total. The van der Waals surface area contributed by atoms with Crippen LogP contribution in [0.2, 0.25) is 5.15 Å². The van der Waals surface area contributed by atoms with Gasteiger partial charge in [-0.1, -0.05) is 11.6 Å². The van der Waals surface area contributed by atoms with Crippen LogP contribution >= 0.6 is 11.6 Å². The van der Waals surface area contributed by atoms with E-state index >= 15 is 0 Å². The Bertz CT molecular complexity index is 328. The van der Waals surface area contributed by atoms with E-state index in [9.17, 15) is 4.79 Å². The van der Waals surface area contributed by atoms with Crippen LogP contribution in [0, 0.1) is 6.92 Å². The molecule has 4 heteroatoms. The molecule has 0 N–H and O–H groups in total. The maximum Gasteiger partial charge on any atom is 0.155 e. The third-order valence-electron chi connectivity index (χ3n) is 2.08. The summed E-state index contributed by atoms with van der Waals surface area (Å²) in [5, 5.41) is 4.69. The van der Waals surface area contributed by atoms with Crippen molar-refractivity contribution in [1.82, 2.24) is 9.78 Å². The van der Waals surface area contributed by atoms with Crippen molar-refractivity contribution in [2.45, 2.75) is 25.8 Å². The molecule has 0 radical (unpaired) electrons. The molecule has 12 heavy (non-hydrogen) atoms. The molecule has 0 unspecified atom stereocenters. The van der Waals surface area contributed by atoms with Crippen LogP contribution in [0.1, 0.15) is 34.9 Å². The van der Waals surface area contributed by atoms with Gasteiger partial charge in [0, 0.05) is 0 Å². The number of carbonyl (C=O) groups is 1. The molecule has 1 heterocycles. The largest absolute Gasteiger partial charge is 0.298 e. The van der Waals surface area contributed by atoms with Gasteiger partial charge < -0.3 is 0 Å². The minimum atomic E-state index is 0.435. The first kappa shape index (κ1) is 7.80. The zero-order valence-corrected chi connectivity index (χ0v) is 7.51. The predicted octanol–water partition coefficient (Wildman–Crippen LogP) is 1.99. The van der Waals surface area contributed by atoms with E-state index in [-0.39, 0.29) is 0 Å². The molecule has 1 aliphatic rings. The summed E-state index contributed by atoms with van der Waals surface area (Å²) < 4.78 is 1.75. The first-order valence-electron chi connectivity index (χ1n) is 3.94. The van der Waals surface area contributed by atoms with Gasteiger partial charge in [-0.3, -0.25) is 4.79 Å². The summed E-state index contributed by atoms with van der Waals surface area (Å²) in [6, 6.07) is 0.435. The van der Waals surface area contributed by atoms with E-state index in [1.54, 1.807) is 11.6 Å². The molecule has 1 aromatic rings. The zero-order chi connectivity index (χ0) is 8.72. The van der Waals surface area contributed by atoms with Gasteiger partial charge in [-0.2, -0.15) is 5.10 Å². The van der Waals surface area contributed by atoms with Crippen molar-refractivity contribution in [3.8, 4) is 0 Å². The summed E-state index contributed by atoms with van der Waals surface area (Å²) in [5.41, 5.74) is 1.26. The fourth-order valence-electron chi connectivity index (χ4n) is 1.23. The van der Waals surface area contributed by atoms with Crippen LogP contribution in [0.25, 0.3) is 0 Å². The minimum Gasteiger partial charge on any atom is -0.298 e. The molecule has 0 spiro atoms. The fourth-order valence-corrected chi connectivity index (χ4v) is 1.58. The highest BCUT2D eigenvalue weighted by Crippen LogP contribution is 2.37. The van der Waals surface area contributed by atoms with Gasteiger partial charge in [0.15, 0.2) is 6.29 Å².